The monoisotopic (exact) mass is 624 g/mol. The molecule has 0 aliphatic carbocycles. The number of ether oxygens (including phenoxy) is 2. The second-order valence-corrected chi connectivity index (χ2v) is 10.3. The van der Waals surface area contributed by atoms with Gasteiger partial charge in [-0.2, -0.15) is 0 Å². The van der Waals surface area contributed by atoms with Crippen LogP contribution in [-0.4, -0.2) is 93.7 Å². The number of aliphatic carboxylic acids is 2. The molecule has 1 aromatic heterocycles. The van der Waals surface area contributed by atoms with Gasteiger partial charge in [-0.15, -0.1) is 0 Å². The third kappa shape index (κ3) is 8.02. The van der Waals surface area contributed by atoms with Gasteiger partial charge >= 0.3 is 18.0 Å². The van der Waals surface area contributed by atoms with Crippen LogP contribution in [0, 0.1) is 12.7 Å². The van der Waals surface area contributed by atoms with Crippen LogP contribution in [-0.2, 0) is 19.1 Å². The molecule has 0 saturated carbocycles. The topological polar surface area (TPSA) is 176 Å². The van der Waals surface area contributed by atoms with E-state index in [9.17, 15) is 38.6 Å². The smallest absolute Gasteiger partial charge is 0.409 e. The fourth-order valence-electron chi connectivity index (χ4n) is 4.85. The summed E-state index contributed by atoms with van der Waals surface area (Å²) >= 11 is 0. The van der Waals surface area contributed by atoms with Crippen LogP contribution in [0.1, 0.15) is 47.5 Å². The number of fused-ring (bicyclic) bond motifs is 1. The van der Waals surface area contributed by atoms with Crippen LogP contribution < -0.4 is 10.1 Å². The van der Waals surface area contributed by atoms with Gasteiger partial charge in [0, 0.05) is 49.6 Å². The zero-order chi connectivity index (χ0) is 32.7. The average Bonchev–Trinajstić information content (AvgIpc) is 3.02. The summed E-state index contributed by atoms with van der Waals surface area (Å²) in [5, 5.41) is 21.9. The molecule has 1 aliphatic rings. The molecule has 1 aliphatic heterocycles. The molecule has 2 heterocycles. The van der Waals surface area contributed by atoms with Crippen molar-refractivity contribution in [1.82, 2.24) is 20.1 Å². The third-order valence-corrected chi connectivity index (χ3v) is 7.22. The third-order valence-electron chi connectivity index (χ3n) is 7.22. The molecule has 4 rings (SSSR count). The van der Waals surface area contributed by atoms with Gasteiger partial charge < -0.3 is 34.8 Å². The predicted molar refractivity (Wildman–Crippen MR) is 157 cm³/mol. The van der Waals surface area contributed by atoms with Gasteiger partial charge in [0.25, 0.3) is 5.91 Å². The minimum absolute atomic E-state index is 0.120. The Kier molecular flexibility index (Phi) is 10.5. The summed E-state index contributed by atoms with van der Waals surface area (Å²) in [7, 11) is 0. The number of nitrogens with zero attached hydrogens (tertiary/aromatic N) is 3. The van der Waals surface area contributed by atoms with Gasteiger partial charge in [0.1, 0.15) is 23.3 Å². The van der Waals surface area contributed by atoms with Crippen LogP contribution in [0.5, 0.6) is 5.75 Å². The van der Waals surface area contributed by atoms with Crippen LogP contribution in [0.2, 0.25) is 0 Å². The number of carbonyl (C=O) groups is 5. The van der Waals surface area contributed by atoms with E-state index in [-0.39, 0.29) is 67.1 Å². The Morgan fingerprint density at radius 3 is 2.29 bits per heavy atom. The number of carboxylic acid groups (broad SMARTS) is 2. The number of nitrogens with one attached hydrogen (secondary N) is 1. The van der Waals surface area contributed by atoms with Gasteiger partial charge in [0.15, 0.2) is 0 Å². The van der Waals surface area contributed by atoms with Crippen molar-refractivity contribution in [2.75, 3.05) is 32.8 Å². The van der Waals surface area contributed by atoms with E-state index in [1.165, 1.54) is 22.8 Å². The number of benzene rings is 2. The van der Waals surface area contributed by atoms with Crippen LogP contribution >= 0.6 is 0 Å². The number of piperazine rings is 1. The maximum absolute atomic E-state index is 14.6. The first kappa shape index (κ1) is 32.6. The largest absolute Gasteiger partial charge is 0.481 e. The lowest BCUT2D eigenvalue weighted by Crippen LogP contribution is -2.56. The predicted octanol–water partition coefficient (Wildman–Crippen LogP) is 3.15. The highest BCUT2D eigenvalue weighted by atomic mass is 19.1. The molecule has 1 unspecified atom stereocenters. The first-order valence-electron chi connectivity index (χ1n) is 14.3. The molecule has 13 nitrogen and oxygen atoms in total. The zero-order valence-electron chi connectivity index (χ0n) is 24.7. The van der Waals surface area contributed by atoms with Crippen LogP contribution in [0.25, 0.3) is 10.9 Å². The standard InChI is InChI=1S/C31H33FN4O9/c1-3-44-31(43)36-13-11-35(12-14-36)29(40)22(9-10-26(37)38)34-28(39)24-17-25(20-16-21(32)18(2)15-23(20)33-24)45-27(30(41)42)19-7-5-4-6-8-19/h4-8,15-17,22,27H,3,9-14H2,1-2H3,(H,34,39)(H,37,38)(H,41,42)/t22-,27?/m0/s1. The van der Waals surface area contributed by atoms with Gasteiger partial charge in [0.05, 0.1) is 12.1 Å². The van der Waals surface area contributed by atoms with Crippen LogP contribution in [0.15, 0.2) is 48.5 Å². The Morgan fingerprint density at radius 1 is 1.00 bits per heavy atom. The van der Waals surface area contributed by atoms with Crippen molar-refractivity contribution in [3.05, 3.63) is 71.2 Å². The molecule has 238 valence electrons. The number of rotatable bonds is 11. The van der Waals surface area contributed by atoms with Crippen molar-refractivity contribution in [3.8, 4) is 5.75 Å². The number of aromatic nitrogens is 1. The van der Waals surface area contributed by atoms with Gasteiger partial charge in [-0.1, -0.05) is 30.3 Å². The highest BCUT2D eigenvalue weighted by Gasteiger charge is 2.32. The number of halogens is 1. The summed E-state index contributed by atoms with van der Waals surface area (Å²) in [5.41, 5.74) is 0.391. The second-order valence-electron chi connectivity index (χ2n) is 10.3. The molecule has 1 saturated heterocycles. The van der Waals surface area contributed by atoms with E-state index in [1.54, 1.807) is 37.3 Å². The number of pyridine rings is 1. The number of carbonyl (C=O) groups excluding carboxylic acids is 3. The lowest BCUT2D eigenvalue weighted by molar-refractivity contribution is -0.145. The summed E-state index contributed by atoms with van der Waals surface area (Å²) in [6.07, 6.45) is -2.66. The molecule has 3 N–H and O–H groups in total. The van der Waals surface area contributed by atoms with Crippen molar-refractivity contribution in [2.24, 2.45) is 0 Å². The molecule has 3 amide bonds. The summed E-state index contributed by atoms with van der Waals surface area (Å²) in [6, 6.07) is 10.5. The highest BCUT2D eigenvalue weighted by molar-refractivity contribution is 5.99. The quantitative estimate of drug-likeness (QED) is 0.287. The minimum atomic E-state index is -1.50. The van der Waals surface area contributed by atoms with E-state index in [1.807, 2.05) is 0 Å². The average molecular weight is 625 g/mol. The number of hydrogen-bond donors (Lipinski definition) is 3. The fourth-order valence-corrected chi connectivity index (χ4v) is 4.85. The number of carboxylic acids is 2. The van der Waals surface area contributed by atoms with Gasteiger partial charge in [0.2, 0.25) is 12.0 Å². The lowest BCUT2D eigenvalue weighted by atomic mass is 10.1. The maximum atomic E-state index is 14.6. The van der Waals surface area contributed by atoms with Gasteiger partial charge in [-0.25, -0.2) is 19.0 Å². The summed E-state index contributed by atoms with van der Waals surface area (Å²) < 4.78 is 25.5. The van der Waals surface area contributed by atoms with E-state index in [2.05, 4.69) is 10.3 Å². The number of aryl methyl sites for hydroxylation is 1. The van der Waals surface area contributed by atoms with Crippen LogP contribution in [0.4, 0.5) is 9.18 Å². The van der Waals surface area contributed by atoms with Crippen molar-refractivity contribution in [2.45, 2.75) is 38.8 Å². The molecule has 2 aromatic carbocycles. The first-order chi connectivity index (χ1) is 21.5. The normalized spacial score (nSPS) is 14.4. The Hall–Kier alpha value is -5.27. The maximum Gasteiger partial charge on any atom is 0.409 e. The molecule has 0 radical (unpaired) electrons. The van der Waals surface area contributed by atoms with E-state index in [4.69, 9.17) is 9.47 Å². The molecule has 0 bridgehead atoms. The van der Waals surface area contributed by atoms with Crippen molar-refractivity contribution in [1.29, 1.82) is 0 Å². The minimum Gasteiger partial charge on any atom is -0.481 e. The molecular formula is C31H33FN4O9. The number of amides is 3. The first-order valence-corrected chi connectivity index (χ1v) is 14.3. The van der Waals surface area contributed by atoms with Crippen molar-refractivity contribution < 1.29 is 48.0 Å². The zero-order valence-corrected chi connectivity index (χ0v) is 24.7. The Bertz CT molecular complexity index is 1590. The van der Waals surface area contributed by atoms with Gasteiger partial charge in [-0.3, -0.25) is 14.4 Å². The fraction of sp³-hybridized carbons (Fsp3) is 0.355. The van der Waals surface area contributed by atoms with Crippen LogP contribution in [0.3, 0.4) is 0 Å². The Balaban J connectivity index is 1.63. The van der Waals surface area contributed by atoms with E-state index in [0.717, 1.165) is 12.1 Å². The molecule has 45 heavy (non-hydrogen) atoms. The van der Waals surface area contributed by atoms with Crippen molar-refractivity contribution >= 4 is 40.7 Å². The highest BCUT2D eigenvalue weighted by Crippen LogP contribution is 2.32. The summed E-state index contributed by atoms with van der Waals surface area (Å²) in [4.78, 5) is 69.7. The second kappa shape index (κ2) is 14.5. The number of hydrogen-bond acceptors (Lipinski definition) is 8. The summed E-state index contributed by atoms with van der Waals surface area (Å²) in [6.45, 7) is 4.05. The summed E-state index contributed by atoms with van der Waals surface area (Å²) in [5.74, 6) is -4.63. The molecule has 14 heteroatoms. The molecular weight excluding hydrogens is 591 g/mol. The molecule has 1 fully saturated rings. The van der Waals surface area contributed by atoms with Gasteiger partial charge in [-0.05, 0) is 38.0 Å². The Labute approximate surface area is 257 Å². The molecule has 2 atom stereocenters. The van der Waals surface area contributed by atoms with E-state index in [0.29, 0.717) is 5.56 Å². The molecule has 0 spiro atoms. The lowest BCUT2D eigenvalue weighted by Gasteiger charge is -2.35. The Morgan fingerprint density at radius 2 is 1.67 bits per heavy atom. The molecule has 3 aromatic rings. The van der Waals surface area contributed by atoms with E-state index >= 15 is 0 Å². The van der Waals surface area contributed by atoms with E-state index < -0.39 is 54.2 Å². The van der Waals surface area contributed by atoms with Crippen molar-refractivity contribution in [3.63, 3.8) is 0 Å². The SMILES string of the molecule is CCOC(=O)N1CCN(C(=O)[C@H](CCC(=O)O)NC(=O)c2cc(OC(C(=O)O)c3ccccc3)c3cc(F)c(C)cc3n2)CC1.